The highest BCUT2D eigenvalue weighted by molar-refractivity contribution is 6.30. The largest absolute Gasteiger partial charge is 0.479 e. The summed E-state index contributed by atoms with van der Waals surface area (Å²) in [5.41, 5.74) is 0.469. The number of carbonyl (C=O) groups is 2. The molecule has 0 aliphatic carbocycles. The lowest BCUT2D eigenvalue weighted by Crippen LogP contribution is -2.37. The molecule has 0 fully saturated rings. The number of nitrogens with one attached hydrogen (secondary N) is 1. The van der Waals surface area contributed by atoms with Gasteiger partial charge in [-0.05, 0) is 30.5 Å². The molecule has 1 aromatic rings. The van der Waals surface area contributed by atoms with E-state index in [0.717, 1.165) is 0 Å². The first-order valence-electron chi connectivity index (χ1n) is 6.50. The fourth-order valence-electron chi connectivity index (χ4n) is 1.92. The van der Waals surface area contributed by atoms with Gasteiger partial charge in [-0.1, -0.05) is 35.9 Å². The Hall–Kier alpha value is -2.07. The van der Waals surface area contributed by atoms with Crippen molar-refractivity contribution in [3.05, 3.63) is 60.2 Å². The number of halogens is 1. The first-order valence-corrected chi connectivity index (χ1v) is 6.87. The van der Waals surface area contributed by atoms with E-state index in [-0.39, 0.29) is 11.8 Å². The predicted octanol–water partition coefficient (Wildman–Crippen LogP) is 3.35. The maximum atomic E-state index is 12.2. The number of hydrogen-bond acceptors (Lipinski definition) is 2. The van der Waals surface area contributed by atoms with Gasteiger partial charge >= 0.3 is 5.97 Å². The maximum Gasteiger partial charge on any atom is 0.330 e. The van der Waals surface area contributed by atoms with E-state index in [4.69, 9.17) is 11.6 Å². The first-order chi connectivity index (χ1) is 9.99. The van der Waals surface area contributed by atoms with Crippen LogP contribution < -0.4 is 5.32 Å². The Balaban J connectivity index is 2.89. The number of allylic oxidation sites excluding steroid dienone is 2. The summed E-state index contributed by atoms with van der Waals surface area (Å²) in [4.78, 5) is 23.6. The summed E-state index contributed by atoms with van der Waals surface area (Å²) < 4.78 is 0. The second kappa shape index (κ2) is 8.27. The van der Waals surface area contributed by atoms with Gasteiger partial charge in [-0.3, -0.25) is 4.79 Å². The van der Waals surface area contributed by atoms with Crippen molar-refractivity contribution in [1.29, 1.82) is 0 Å². The maximum absolute atomic E-state index is 12.2. The highest BCUT2D eigenvalue weighted by Crippen LogP contribution is 2.19. The molecular weight excluding hydrogens is 290 g/mol. The van der Waals surface area contributed by atoms with Crippen LogP contribution in [0, 0.1) is 5.92 Å². The molecule has 112 valence electrons. The molecule has 0 radical (unpaired) electrons. The Morgan fingerprint density at radius 2 is 1.71 bits per heavy atom. The van der Waals surface area contributed by atoms with E-state index in [1.807, 2.05) is 0 Å². The number of aliphatic carboxylic acids is 1. The lowest BCUT2D eigenvalue weighted by atomic mass is 9.99. The third kappa shape index (κ3) is 5.08. The molecule has 0 saturated carbocycles. The molecule has 0 aromatic heterocycles. The number of hydrogen-bond donors (Lipinski definition) is 2. The van der Waals surface area contributed by atoms with Gasteiger partial charge in [-0.25, -0.2) is 4.79 Å². The minimum atomic E-state index is -1.12. The number of rotatable bonds is 8. The second-order valence-corrected chi connectivity index (χ2v) is 5.01. The quantitative estimate of drug-likeness (QED) is 0.724. The van der Waals surface area contributed by atoms with Gasteiger partial charge < -0.3 is 10.4 Å². The Morgan fingerprint density at radius 3 is 2.14 bits per heavy atom. The highest BCUT2D eigenvalue weighted by Gasteiger charge is 2.25. The van der Waals surface area contributed by atoms with Crippen LogP contribution >= 0.6 is 11.6 Å². The molecule has 0 aliphatic heterocycles. The molecule has 0 saturated heterocycles. The topological polar surface area (TPSA) is 66.4 Å². The SMILES string of the molecule is C=CCC(CC=C)C(=O)NC(C(=O)O)c1ccc(Cl)cc1. The molecule has 0 spiro atoms. The lowest BCUT2D eigenvalue weighted by molar-refractivity contribution is -0.142. The summed E-state index contributed by atoms with van der Waals surface area (Å²) in [5.74, 6) is -1.83. The lowest BCUT2D eigenvalue weighted by Gasteiger charge is -2.19. The zero-order valence-corrected chi connectivity index (χ0v) is 12.3. The number of carboxylic acid groups (broad SMARTS) is 1. The summed E-state index contributed by atoms with van der Waals surface area (Å²) in [6.07, 6.45) is 4.19. The normalized spacial score (nSPS) is 11.7. The molecule has 0 aliphatic rings. The van der Waals surface area contributed by atoms with Crippen molar-refractivity contribution >= 4 is 23.5 Å². The van der Waals surface area contributed by atoms with Gasteiger partial charge in [-0.15, -0.1) is 13.2 Å². The Morgan fingerprint density at radius 1 is 1.19 bits per heavy atom. The molecule has 21 heavy (non-hydrogen) atoms. The average molecular weight is 308 g/mol. The summed E-state index contributed by atoms with van der Waals surface area (Å²) in [6.45, 7) is 7.20. The monoisotopic (exact) mass is 307 g/mol. The fourth-order valence-corrected chi connectivity index (χ4v) is 2.04. The minimum absolute atomic E-state index is 0.336. The van der Waals surface area contributed by atoms with Crippen LogP contribution in [0.4, 0.5) is 0 Å². The minimum Gasteiger partial charge on any atom is -0.479 e. The summed E-state index contributed by atoms with van der Waals surface area (Å²) in [6, 6.07) is 5.23. The van der Waals surface area contributed by atoms with E-state index in [9.17, 15) is 14.7 Å². The van der Waals surface area contributed by atoms with Crippen molar-refractivity contribution in [2.24, 2.45) is 5.92 Å². The Kier molecular flexibility index (Phi) is 6.69. The zero-order chi connectivity index (χ0) is 15.8. The standard InChI is InChI=1S/C16H18ClNO3/c1-3-5-12(6-4-2)15(19)18-14(16(20)21)11-7-9-13(17)10-8-11/h3-4,7-10,12,14H,1-2,5-6H2,(H,18,19)(H,20,21). The van der Waals surface area contributed by atoms with Crippen LogP contribution in [0.5, 0.6) is 0 Å². The molecular formula is C16H18ClNO3. The van der Waals surface area contributed by atoms with E-state index in [1.54, 1.807) is 36.4 Å². The smallest absolute Gasteiger partial charge is 0.330 e. The fraction of sp³-hybridized carbons (Fsp3) is 0.250. The van der Waals surface area contributed by atoms with E-state index in [2.05, 4.69) is 18.5 Å². The van der Waals surface area contributed by atoms with E-state index in [1.165, 1.54) is 0 Å². The molecule has 1 unspecified atom stereocenters. The van der Waals surface area contributed by atoms with Crippen LogP contribution in [0.25, 0.3) is 0 Å². The van der Waals surface area contributed by atoms with Gasteiger partial charge in [0.1, 0.15) is 0 Å². The van der Waals surface area contributed by atoms with Crippen molar-refractivity contribution in [1.82, 2.24) is 5.32 Å². The summed E-state index contributed by atoms with van der Waals surface area (Å²) in [5, 5.41) is 12.3. The molecule has 0 heterocycles. The van der Waals surface area contributed by atoms with Crippen molar-refractivity contribution < 1.29 is 14.7 Å². The molecule has 1 amide bonds. The zero-order valence-electron chi connectivity index (χ0n) is 11.6. The number of amides is 1. The van der Waals surface area contributed by atoms with Gasteiger partial charge in [0.15, 0.2) is 6.04 Å². The van der Waals surface area contributed by atoms with Crippen molar-refractivity contribution in [3.8, 4) is 0 Å². The molecule has 0 bridgehead atoms. The van der Waals surface area contributed by atoms with Crippen LogP contribution in [0.3, 0.4) is 0 Å². The molecule has 4 nitrogen and oxygen atoms in total. The number of carboxylic acids is 1. The van der Waals surface area contributed by atoms with E-state index < -0.39 is 12.0 Å². The van der Waals surface area contributed by atoms with Gasteiger partial charge in [0, 0.05) is 10.9 Å². The van der Waals surface area contributed by atoms with Crippen molar-refractivity contribution in [2.45, 2.75) is 18.9 Å². The third-order valence-electron chi connectivity index (χ3n) is 3.01. The second-order valence-electron chi connectivity index (χ2n) is 4.58. The first kappa shape index (κ1) is 17.0. The van der Waals surface area contributed by atoms with Crippen LogP contribution in [0.15, 0.2) is 49.6 Å². The van der Waals surface area contributed by atoms with Gasteiger partial charge in [0.2, 0.25) is 5.91 Å². The predicted molar refractivity (Wildman–Crippen MR) is 83.1 cm³/mol. The van der Waals surface area contributed by atoms with Crippen LogP contribution in [-0.4, -0.2) is 17.0 Å². The van der Waals surface area contributed by atoms with E-state index in [0.29, 0.717) is 23.4 Å². The Labute approximate surface area is 129 Å². The average Bonchev–Trinajstić information content (AvgIpc) is 2.45. The Bertz CT molecular complexity index is 515. The van der Waals surface area contributed by atoms with Gasteiger partial charge in [0.05, 0.1) is 0 Å². The van der Waals surface area contributed by atoms with Gasteiger partial charge in [0.25, 0.3) is 0 Å². The molecule has 2 N–H and O–H groups in total. The third-order valence-corrected chi connectivity index (χ3v) is 3.26. The number of carbonyl (C=O) groups excluding carboxylic acids is 1. The summed E-state index contributed by atoms with van der Waals surface area (Å²) >= 11 is 5.78. The molecule has 5 heteroatoms. The van der Waals surface area contributed by atoms with Crippen molar-refractivity contribution in [3.63, 3.8) is 0 Å². The number of benzene rings is 1. The highest BCUT2D eigenvalue weighted by atomic mass is 35.5. The van der Waals surface area contributed by atoms with E-state index >= 15 is 0 Å². The van der Waals surface area contributed by atoms with Crippen LogP contribution in [0.1, 0.15) is 24.4 Å². The molecule has 1 aromatic carbocycles. The summed E-state index contributed by atoms with van der Waals surface area (Å²) in [7, 11) is 0. The molecule has 1 rings (SSSR count). The van der Waals surface area contributed by atoms with Crippen LogP contribution in [0.2, 0.25) is 5.02 Å². The molecule has 1 atom stereocenters. The van der Waals surface area contributed by atoms with Crippen LogP contribution in [-0.2, 0) is 9.59 Å². The van der Waals surface area contributed by atoms with Crippen molar-refractivity contribution in [2.75, 3.05) is 0 Å². The van der Waals surface area contributed by atoms with Gasteiger partial charge in [-0.2, -0.15) is 0 Å².